The molecule has 130 valence electrons. The van der Waals surface area contributed by atoms with E-state index in [2.05, 4.69) is 22.5 Å². The molecule has 0 radical (unpaired) electrons. The summed E-state index contributed by atoms with van der Waals surface area (Å²) in [6.45, 7) is 8.21. The van der Waals surface area contributed by atoms with Crippen LogP contribution in [0.15, 0.2) is 4.99 Å². The van der Waals surface area contributed by atoms with E-state index in [4.69, 9.17) is 0 Å². The summed E-state index contributed by atoms with van der Waals surface area (Å²) < 4.78 is 25.9. The molecule has 1 saturated heterocycles. The Labute approximate surface area is 139 Å². The van der Waals surface area contributed by atoms with E-state index in [0.717, 1.165) is 6.54 Å². The summed E-state index contributed by atoms with van der Waals surface area (Å²) in [5.74, 6) is 1.97. The van der Waals surface area contributed by atoms with Crippen LogP contribution in [0.25, 0.3) is 0 Å². The van der Waals surface area contributed by atoms with Crippen molar-refractivity contribution >= 4 is 27.7 Å². The standard InChI is InChI=1S/C14H30N4O2S2/c1-5-18(6-2)22(19,20)11-9-16-13(15-4)17-12-14(3)8-7-10-21-14/h5-12H2,1-4H3,(H2,15,16,17). The van der Waals surface area contributed by atoms with Gasteiger partial charge in [-0.2, -0.15) is 11.8 Å². The number of sulfonamides is 1. The van der Waals surface area contributed by atoms with Crippen molar-refractivity contribution in [3.8, 4) is 0 Å². The fourth-order valence-corrected chi connectivity index (χ4v) is 5.16. The third-order valence-electron chi connectivity index (χ3n) is 3.91. The van der Waals surface area contributed by atoms with Gasteiger partial charge >= 0.3 is 0 Å². The van der Waals surface area contributed by atoms with Gasteiger partial charge in [0.15, 0.2) is 5.96 Å². The van der Waals surface area contributed by atoms with Crippen LogP contribution in [0.1, 0.15) is 33.6 Å². The Bertz CT molecular complexity index is 455. The Morgan fingerprint density at radius 1 is 1.32 bits per heavy atom. The average molecular weight is 351 g/mol. The molecule has 0 bridgehead atoms. The van der Waals surface area contributed by atoms with Gasteiger partial charge in [0.05, 0.1) is 5.75 Å². The van der Waals surface area contributed by atoms with E-state index in [-0.39, 0.29) is 10.5 Å². The third-order valence-corrected chi connectivity index (χ3v) is 7.47. The molecule has 0 amide bonds. The van der Waals surface area contributed by atoms with Crippen LogP contribution in [0.2, 0.25) is 0 Å². The largest absolute Gasteiger partial charge is 0.355 e. The highest BCUT2D eigenvalue weighted by Gasteiger charge is 2.29. The minimum Gasteiger partial charge on any atom is -0.355 e. The summed E-state index contributed by atoms with van der Waals surface area (Å²) >= 11 is 1.99. The lowest BCUT2D eigenvalue weighted by atomic mass is 10.1. The highest BCUT2D eigenvalue weighted by atomic mass is 32.2. The number of hydrogen-bond donors (Lipinski definition) is 2. The van der Waals surface area contributed by atoms with Crippen LogP contribution in [0.5, 0.6) is 0 Å². The van der Waals surface area contributed by atoms with Gasteiger partial charge in [-0.25, -0.2) is 12.7 Å². The lowest BCUT2D eigenvalue weighted by molar-refractivity contribution is 0.445. The van der Waals surface area contributed by atoms with E-state index in [1.165, 1.54) is 22.9 Å². The molecule has 1 heterocycles. The highest BCUT2D eigenvalue weighted by molar-refractivity contribution is 8.00. The number of aliphatic imine (C=N–C) groups is 1. The SMILES string of the molecule is CCN(CC)S(=O)(=O)CCNC(=NC)NCC1(C)CCCS1. The highest BCUT2D eigenvalue weighted by Crippen LogP contribution is 2.36. The van der Waals surface area contributed by atoms with Crippen molar-refractivity contribution in [1.82, 2.24) is 14.9 Å². The molecular formula is C14H30N4O2S2. The van der Waals surface area contributed by atoms with Crippen LogP contribution in [-0.2, 0) is 10.0 Å². The van der Waals surface area contributed by atoms with Crippen LogP contribution in [0, 0.1) is 0 Å². The smallest absolute Gasteiger partial charge is 0.215 e. The average Bonchev–Trinajstić information content (AvgIpc) is 2.90. The van der Waals surface area contributed by atoms with Gasteiger partial charge in [-0.3, -0.25) is 4.99 Å². The van der Waals surface area contributed by atoms with Gasteiger partial charge < -0.3 is 10.6 Å². The molecule has 1 unspecified atom stereocenters. The van der Waals surface area contributed by atoms with E-state index < -0.39 is 10.0 Å². The van der Waals surface area contributed by atoms with Crippen molar-refractivity contribution < 1.29 is 8.42 Å². The zero-order valence-electron chi connectivity index (χ0n) is 14.2. The molecule has 8 heteroatoms. The van der Waals surface area contributed by atoms with Gasteiger partial charge in [-0.05, 0) is 25.5 Å². The Balaban J connectivity index is 2.38. The first kappa shape index (κ1) is 19.6. The Hall–Kier alpha value is -0.470. The van der Waals surface area contributed by atoms with Gasteiger partial charge in [-0.15, -0.1) is 0 Å². The molecule has 0 aromatic heterocycles. The lowest BCUT2D eigenvalue weighted by Crippen LogP contribution is -2.45. The first-order valence-corrected chi connectivity index (χ1v) is 10.5. The zero-order valence-corrected chi connectivity index (χ0v) is 15.8. The molecule has 1 fully saturated rings. The molecule has 22 heavy (non-hydrogen) atoms. The summed E-state index contributed by atoms with van der Waals surface area (Å²) in [6, 6.07) is 0. The van der Waals surface area contributed by atoms with Crippen molar-refractivity contribution in [3.63, 3.8) is 0 Å². The fourth-order valence-electron chi connectivity index (χ4n) is 2.51. The predicted octanol–water partition coefficient (Wildman–Crippen LogP) is 1.11. The van der Waals surface area contributed by atoms with Gasteiger partial charge in [0, 0.05) is 38.0 Å². The van der Waals surface area contributed by atoms with Gasteiger partial charge in [0.1, 0.15) is 0 Å². The number of guanidine groups is 1. The Morgan fingerprint density at radius 2 is 2.00 bits per heavy atom. The van der Waals surface area contributed by atoms with Crippen molar-refractivity contribution in [2.75, 3.05) is 44.7 Å². The Morgan fingerprint density at radius 3 is 2.50 bits per heavy atom. The second kappa shape index (κ2) is 8.98. The number of nitrogens with one attached hydrogen (secondary N) is 2. The van der Waals surface area contributed by atoms with Crippen molar-refractivity contribution in [2.45, 2.75) is 38.4 Å². The summed E-state index contributed by atoms with van der Waals surface area (Å²) in [5.41, 5.74) is 0. The summed E-state index contributed by atoms with van der Waals surface area (Å²) in [4.78, 5) is 4.16. The topological polar surface area (TPSA) is 73.8 Å². The molecule has 0 aliphatic carbocycles. The first-order chi connectivity index (χ1) is 10.4. The predicted molar refractivity (Wildman–Crippen MR) is 96.2 cm³/mol. The van der Waals surface area contributed by atoms with Gasteiger partial charge in [0.2, 0.25) is 10.0 Å². The van der Waals surface area contributed by atoms with Crippen LogP contribution in [-0.4, -0.2) is 68.2 Å². The molecule has 1 atom stereocenters. The normalized spacial score (nSPS) is 23.0. The van der Waals surface area contributed by atoms with Crippen molar-refractivity contribution in [3.05, 3.63) is 0 Å². The first-order valence-electron chi connectivity index (χ1n) is 7.93. The van der Waals surface area contributed by atoms with E-state index in [0.29, 0.717) is 25.6 Å². The van der Waals surface area contributed by atoms with Crippen LogP contribution in [0.4, 0.5) is 0 Å². The van der Waals surface area contributed by atoms with E-state index in [1.807, 2.05) is 25.6 Å². The van der Waals surface area contributed by atoms with Gasteiger partial charge in [-0.1, -0.05) is 13.8 Å². The molecule has 1 rings (SSSR count). The van der Waals surface area contributed by atoms with E-state index in [1.54, 1.807) is 7.05 Å². The number of hydrogen-bond acceptors (Lipinski definition) is 4. The number of nitrogens with zero attached hydrogens (tertiary/aromatic N) is 2. The van der Waals surface area contributed by atoms with E-state index in [9.17, 15) is 8.42 Å². The maximum atomic E-state index is 12.1. The van der Waals surface area contributed by atoms with Gasteiger partial charge in [0.25, 0.3) is 0 Å². The van der Waals surface area contributed by atoms with E-state index >= 15 is 0 Å². The summed E-state index contributed by atoms with van der Waals surface area (Å²) in [6.07, 6.45) is 2.47. The minimum absolute atomic E-state index is 0.0847. The van der Waals surface area contributed by atoms with Crippen LogP contribution < -0.4 is 10.6 Å². The second-order valence-electron chi connectivity index (χ2n) is 5.65. The molecule has 1 aliphatic rings. The fraction of sp³-hybridized carbons (Fsp3) is 0.929. The molecule has 6 nitrogen and oxygen atoms in total. The molecular weight excluding hydrogens is 320 g/mol. The quantitative estimate of drug-likeness (QED) is 0.507. The monoisotopic (exact) mass is 350 g/mol. The van der Waals surface area contributed by atoms with Crippen LogP contribution in [0.3, 0.4) is 0 Å². The minimum atomic E-state index is -3.19. The summed E-state index contributed by atoms with van der Waals surface area (Å²) in [5, 5.41) is 6.40. The maximum Gasteiger partial charge on any atom is 0.215 e. The van der Waals surface area contributed by atoms with Crippen LogP contribution >= 0.6 is 11.8 Å². The Kier molecular flexibility index (Phi) is 7.99. The molecule has 0 aromatic carbocycles. The lowest BCUT2D eigenvalue weighted by Gasteiger charge is -2.24. The third kappa shape index (κ3) is 5.96. The van der Waals surface area contributed by atoms with Crippen molar-refractivity contribution in [1.29, 1.82) is 0 Å². The number of thioether (sulfide) groups is 1. The number of rotatable bonds is 8. The van der Waals surface area contributed by atoms with Crippen molar-refractivity contribution in [2.24, 2.45) is 4.99 Å². The summed E-state index contributed by atoms with van der Waals surface area (Å²) in [7, 11) is -1.48. The molecule has 0 saturated carbocycles. The molecule has 2 N–H and O–H groups in total. The maximum absolute atomic E-state index is 12.1. The zero-order chi connectivity index (χ0) is 16.6. The molecule has 0 spiro atoms. The second-order valence-corrected chi connectivity index (χ2v) is 9.43. The molecule has 1 aliphatic heterocycles. The molecule has 0 aromatic rings.